The highest BCUT2D eigenvalue weighted by atomic mass is 19.4. The first kappa shape index (κ1) is 33.2. The fraction of sp³-hybridized carbons (Fsp3) is 0.885. The smallest absolute Gasteiger partial charge is 0.480 e. The molecule has 0 heterocycles. The molecule has 0 rings (SSSR count). The molecule has 0 aromatic heterocycles. The minimum atomic E-state index is -4.94. The van der Waals surface area contributed by atoms with E-state index in [2.05, 4.69) is 12.2 Å². The third-order valence-corrected chi connectivity index (χ3v) is 6.00. The number of carboxylic acid groups (broad SMARTS) is 1. The summed E-state index contributed by atoms with van der Waals surface area (Å²) in [6.07, 6.45) is 11.7. The third kappa shape index (κ3) is 22.4. The van der Waals surface area contributed by atoms with Crippen molar-refractivity contribution in [2.75, 3.05) is 6.54 Å². The molecule has 1 unspecified atom stereocenters. The van der Waals surface area contributed by atoms with Crippen LogP contribution in [0, 0.1) is 0 Å². The number of nitrogens with one attached hydrogen (secondary N) is 1. The number of unbranched alkanes of at least 4 members (excludes halogenated alkanes) is 14. The van der Waals surface area contributed by atoms with Crippen molar-refractivity contribution < 1.29 is 37.4 Å². The van der Waals surface area contributed by atoms with Gasteiger partial charge < -0.3 is 15.2 Å². The van der Waals surface area contributed by atoms with E-state index in [-0.39, 0.29) is 12.5 Å². The molecule has 0 fully saturated rings. The van der Waals surface area contributed by atoms with Gasteiger partial charge in [0.15, 0.2) is 0 Å². The van der Waals surface area contributed by atoms with Crippen LogP contribution in [0.2, 0.25) is 0 Å². The number of hydrogen-bond acceptors (Lipinski definition) is 4. The van der Waals surface area contributed by atoms with Crippen molar-refractivity contribution in [2.45, 2.75) is 141 Å². The predicted octanol–water partition coefficient (Wildman–Crippen LogP) is 7.09. The van der Waals surface area contributed by atoms with Gasteiger partial charge in [-0.15, -0.1) is 0 Å². The first-order valence-electron chi connectivity index (χ1n) is 13.4. The first-order chi connectivity index (χ1) is 16.7. The Morgan fingerprint density at radius 3 is 1.60 bits per heavy atom. The van der Waals surface area contributed by atoms with E-state index in [0.29, 0.717) is 19.3 Å². The fourth-order valence-corrected chi connectivity index (χ4v) is 3.97. The van der Waals surface area contributed by atoms with Crippen LogP contribution in [0.5, 0.6) is 0 Å². The van der Waals surface area contributed by atoms with E-state index in [9.17, 15) is 27.6 Å². The Balaban J connectivity index is 3.88. The number of carbonyl (C=O) groups excluding carboxylic acids is 2. The lowest BCUT2D eigenvalue weighted by molar-refractivity contribution is -0.205. The second-order valence-corrected chi connectivity index (χ2v) is 9.33. The number of rotatable bonds is 23. The van der Waals surface area contributed by atoms with Gasteiger partial charge in [-0.25, -0.2) is 4.79 Å². The molecule has 206 valence electrons. The van der Waals surface area contributed by atoms with Gasteiger partial charge in [0.2, 0.25) is 5.91 Å². The highest BCUT2D eigenvalue weighted by Gasteiger charge is 2.42. The van der Waals surface area contributed by atoms with Gasteiger partial charge in [-0.05, 0) is 32.1 Å². The molecule has 6 nitrogen and oxygen atoms in total. The van der Waals surface area contributed by atoms with E-state index >= 15 is 0 Å². The summed E-state index contributed by atoms with van der Waals surface area (Å²) in [4.78, 5) is 33.0. The summed E-state index contributed by atoms with van der Waals surface area (Å²) >= 11 is 0. The average Bonchev–Trinajstić information content (AvgIpc) is 2.79. The first-order valence-corrected chi connectivity index (χ1v) is 13.4. The monoisotopic (exact) mass is 509 g/mol. The van der Waals surface area contributed by atoms with Gasteiger partial charge >= 0.3 is 18.1 Å². The molecule has 0 aliphatic heterocycles. The van der Waals surface area contributed by atoms with Gasteiger partial charge in [-0.3, -0.25) is 9.59 Å². The van der Waals surface area contributed by atoms with E-state index in [1.807, 2.05) is 0 Å². The van der Waals surface area contributed by atoms with Gasteiger partial charge in [0, 0.05) is 6.42 Å². The number of hydrogen-bond donors (Lipinski definition) is 2. The molecule has 2 N–H and O–H groups in total. The molecule has 0 saturated carbocycles. The van der Waals surface area contributed by atoms with Crippen molar-refractivity contribution in [1.82, 2.24) is 5.32 Å². The van der Waals surface area contributed by atoms with Crippen LogP contribution in [0.4, 0.5) is 13.2 Å². The van der Waals surface area contributed by atoms with Gasteiger partial charge in [0.25, 0.3) is 0 Å². The van der Waals surface area contributed by atoms with Crippen molar-refractivity contribution >= 4 is 17.8 Å². The summed E-state index contributed by atoms with van der Waals surface area (Å²) in [5, 5.41) is 10.8. The van der Waals surface area contributed by atoms with Crippen LogP contribution in [0.25, 0.3) is 0 Å². The average molecular weight is 510 g/mol. The Morgan fingerprint density at radius 2 is 1.17 bits per heavy atom. The molecule has 0 spiro atoms. The van der Waals surface area contributed by atoms with Gasteiger partial charge in [0.1, 0.15) is 12.6 Å². The minimum absolute atomic E-state index is 0.237. The van der Waals surface area contributed by atoms with Crippen molar-refractivity contribution in [3.8, 4) is 0 Å². The highest BCUT2D eigenvalue weighted by Crippen LogP contribution is 2.22. The molecular weight excluding hydrogens is 463 g/mol. The molecule has 0 bridgehead atoms. The van der Waals surface area contributed by atoms with E-state index in [1.54, 1.807) is 0 Å². The summed E-state index contributed by atoms with van der Waals surface area (Å²) in [6.45, 7) is 1.81. The summed E-state index contributed by atoms with van der Waals surface area (Å²) in [5.74, 6) is -3.37. The van der Waals surface area contributed by atoms with E-state index in [0.717, 1.165) is 83.5 Å². The zero-order chi connectivity index (χ0) is 26.4. The number of aliphatic carboxylic acids is 1. The molecule has 0 aromatic carbocycles. The van der Waals surface area contributed by atoms with Crippen molar-refractivity contribution in [2.24, 2.45) is 0 Å². The maximum atomic E-state index is 12.6. The van der Waals surface area contributed by atoms with E-state index in [4.69, 9.17) is 9.84 Å². The Labute approximate surface area is 208 Å². The second kappa shape index (κ2) is 21.5. The molecule has 0 radical (unpaired) electrons. The van der Waals surface area contributed by atoms with Crippen molar-refractivity contribution in [3.05, 3.63) is 0 Å². The molecule has 0 aliphatic carbocycles. The standard InChI is InChI=1S/C26H46F3NO5/c1-2-3-4-5-9-12-15-18-22(35-25(34)26(27,28)29)19-16-13-10-7-6-8-11-14-17-20-23(31)30-21-24(32)33/h22H,2-21H2,1H3,(H,30,31)(H,32,33). The molecule has 1 amide bonds. The molecule has 0 aromatic rings. The lowest BCUT2D eigenvalue weighted by atomic mass is 10.0. The number of esters is 1. The van der Waals surface area contributed by atoms with Crippen LogP contribution in [0.15, 0.2) is 0 Å². The normalized spacial score (nSPS) is 12.3. The Bertz CT molecular complexity index is 570. The van der Waals surface area contributed by atoms with E-state index < -0.39 is 24.2 Å². The van der Waals surface area contributed by atoms with Crippen molar-refractivity contribution in [1.29, 1.82) is 0 Å². The van der Waals surface area contributed by atoms with Crippen molar-refractivity contribution in [3.63, 3.8) is 0 Å². The summed E-state index contributed by atoms with van der Waals surface area (Å²) in [5.41, 5.74) is 0. The zero-order valence-corrected chi connectivity index (χ0v) is 21.4. The van der Waals surface area contributed by atoms with Crippen LogP contribution < -0.4 is 5.32 Å². The number of carboxylic acids is 1. The lowest BCUT2D eigenvalue weighted by Gasteiger charge is -2.19. The van der Waals surface area contributed by atoms with Crippen LogP contribution in [0.3, 0.4) is 0 Å². The van der Waals surface area contributed by atoms with Gasteiger partial charge in [-0.2, -0.15) is 13.2 Å². The van der Waals surface area contributed by atoms with Gasteiger partial charge in [-0.1, -0.05) is 90.4 Å². The fourth-order valence-electron chi connectivity index (χ4n) is 3.97. The van der Waals surface area contributed by atoms with Crippen LogP contribution >= 0.6 is 0 Å². The molecule has 35 heavy (non-hydrogen) atoms. The maximum Gasteiger partial charge on any atom is 0.490 e. The van der Waals surface area contributed by atoms with E-state index in [1.165, 1.54) is 19.3 Å². The number of alkyl halides is 3. The van der Waals surface area contributed by atoms with Crippen LogP contribution in [0.1, 0.15) is 129 Å². The largest absolute Gasteiger partial charge is 0.490 e. The zero-order valence-electron chi connectivity index (χ0n) is 21.4. The molecule has 0 aliphatic rings. The minimum Gasteiger partial charge on any atom is -0.480 e. The summed E-state index contributed by atoms with van der Waals surface area (Å²) in [6, 6.07) is 0. The predicted molar refractivity (Wildman–Crippen MR) is 130 cm³/mol. The molecule has 0 saturated heterocycles. The number of amides is 1. The quantitative estimate of drug-likeness (QED) is 0.113. The Kier molecular flexibility index (Phi) is 20.4. The molecular formula is C26H46F3NO5. The lowest BCUT2D eigenvalue weighted by Crippen LogP contribution is -2.30. The third-order valence-electron chi connectivity index (χ3n) is 6.00. The van der Waals surface area contributed by atoms with Crippen LogP contribution in [-0.2, 0) is 19.1 Å². The summed E-state index contributed by atoms with van der Waals surface area (Å²) in [7, 11) is 0. The van der Waals surface area contributed by atoms with Crippen LogP contribution in [-0.4, -0.2) is 41.8 Å². The second-order valence-electron chi connectivity index (χ2n) is 9.33. The van der Waals surface area contributed by atoms with Gasteiger partial charge in [0.05, 0.1) is 0 Å². The maximum absolute atomic E-state index is 12.6. The highest BCUT2D eigenvalue weighted by molar-refractivity contribution is 5.80. The Hall–Kier alpha value is -1.80. The number of halogens is 3. The summed E-state index contributed by atoms with van der Waals surface area (Å²) < 4.78 is 42.6. The topological polar surface area (TPSA) is 92.7 Å². The SMILES string of the molecule is CCCCCCCCCC(CCCCCCCCCCCC(=O)NCC(=O)O)OC(=O)C(F)(F)F. The number of carbonyl (C=O) groups is 3. The Morgan fingerprint density at radius 1 is 0.743 bits per heavy atom. The number of ether oxygens (including phenoxy) is 1. The molecule has 1 atom stereocenters. The molecule has 9 heteroatoms.